The van der Waals surface area contributed by atoms with Gasteiger partial charge in [0, 0.05) is 12.2 Å². The molecule has 1 aliphatic heterocycles. The van der Waals surface area contributed by atoms with Crippen LogP contribution in [0.25, 0.3) is 11.4 Å². The predicted molar refractivity (Wildman–Crippen MR) is 95.8 cm³/mol. The highest BCUT2D eigenvalue weighted by molar-refractivity contribution is 7.99. The van der Waals surface area contributed by atoms with Crippen molar-refractivity contribution in [1.82, 2.24) is 24.9 Å². The van der Waals surface area contributed by atoms with Gasteiger partial charge in [-0.15, -0.1) is 5.10 Å². The molecule has 0 radical (unpaired) electrons. The number of aromatic amines is 1. The number of hydrogen-bond acceptors (Lipinski definition) is 7. The third kappa shape index (κ3) is 3.58. The molecule has 8 nitrogen and oxygen atoms in total. The molecule has 9 heteroatoms. The first-order valence-electron chi connectivity index (χ1n) is 8.53. The fraction of sp³-hybridized carbons (Fsp3) is 0.412. The largest absolute Gasteiger partial charge is 0.376 e. The maximum atomic E-state index is 12.1. The van der Waals surface area contributed by atoms with E-state index in [9.17, 15) is 4.79 Å². The van der Waals surface area contributed by atoms with Crippen molar-refractivity contribution in [3.8, 4) is 11.4 Å². The summed E-state index contributed by atoms with van der Waals surface area (Å²) in [6.07, 6.45) is 2.05. The lowest BCUT2D eigenvalue weighted by molar-refractivity contribution is 0.0941. The van der Waals surface area contributed by atoms with Crippen molar-refractivity contribution in [1.29, 1.82) is 0 Å². The van der Waals surface area contributed by atoms with Crippen LogP contribution in [0.2, 0.25) is 0 Å². The lowest BCUT2D eigenvalue weighted by atomic mass is 10.2. The molecule has 1 N–H and O–H groups in total. The number of aromatic nitrogens is 5. The van der Waals surface area contributed by atoms with Crippen molar-refractivity contribution in [3.05, 3.63) is 46.7 Å². The zero-order valence-electron chi connectivity index (χ0n) is 14.3. The van der Waals surface area contributed by atoms with E-state index in [-0.39, 0.29) is 17.0 Å². The third-order valence-electron chi connectivity index (χ3n) is 4.24. The molecule has 136 valence electrons. The zero-order chi connectivity index (χ0) is 17.9. The standard InChI is InChI=1S/C17H19N5O3S/c1-11(15-18-14(21-25-15)12-6-3-2-4-7-12)26-17-20-19-16(23)22(17)10-13-8-5-9-24-13/h2-4,6-7,11,13H,5,8-10H2,1H3,(H,19,23). The van der Waals surface area contributed by atoms with E-state index in [1.54, 1.807) is 4.57 Å². The van der Waals surface area contributed by atoms with Gasteiger partial charge in [0.1, 0.15) is 0 Å². The van der Waals surface area contributed by atoms with Crippen LogP contribution in [0.15, 0.2) is 44.8 Å². The number of benzene rings is 1. The predicted octanol–water partition coefficient (Wildman–Crippen LogP) is 2.65. The minimum atomic E-state index is -0.231. The summed E-state index contributed by atoms with van der Waals surface area (Å²) >= 11 is 1.40. The molecule has 1 fully saturated rings. The molecule has 2 unspecified atom stereocenters. The van der Waals surface area contributed by atoms with Gasteiger partial charge in [-0.05, 0) is 19.8 Å². The highest BCUT2D eigenvalue weighted by Gasteiger charge is 2.23. The number of nitrogens with zero attached hydrogens (tertiary/aromatic N) is 4. The highest BCUT2D eigenvalue weighted by atomic mass is 32.2. The number of nitrogens with one attached hydrogen (secondary N) is 1. The van der Waals surface area contributed by atoms with E-state index in [0.29, 0.717) is 23.4 Å². The van der Waals surface area contributed by atoms with Gasteiger partial charge in [0.2, 0.25) is 11.7 Å². The van der Waals surface area contributed by atoms with Gasteiger partial charge in [-0.1, -0.05) is 47.3 Å². The first-order valence-corrected chi connectivity index (χ1v) is 9.41. The van der Waals surface area contributed by atoms with E-state index in [0.717, 1.165) is 25.0 Å². The molecule has 0 saturated carbocycles. The second kappa shape index (κ2) is 7.46. The molecule has 0 bridgehead atoms. The van der Waals surface area contributed by atoms with Crippen LogP contribution in [-0.4, -0.2) is 37.6 Å². The van der Waals surface area contributed by atoms with E-state index in [2.05, 4.69) is 20.3 Å². The molecule has 1 saturated heterocycles. The Bertz CT molecular complexity index is 914. The summed E-state index contributed by atoms with van der Waals surface area (Å²) in [4.78, 5) is 16.5. The second-order valence-corrected chi connectivity index (χ2v) is 7.45. The van der Waals surface area contributed by atoms with Crippen LogP contribution in [0, 0.1) is 0 Å². The van der Waals surface area contributed by atoms with Crippen LogP contribution in [0.1, 0.15) is 30.9 Å². The lowest BCUT2D eigenvalue weighted by Gasteiger charge is -2.12. The van der Waals surface area contributed by atoms with Gasteiger partial charge in [-0.25, -0.2) is 9.89 Å². The summed E-state index contributed by atoms with van der Waals surface area (Å²) in [5.74, 6) is 1.04. The first-order chi connectivity index (χ1) is 12.7. The van der Waals surface area contributed by atoms with Crippen molar-refractivity contribution in [2.45, 2.75) is 42.8 Å². The number of thioether (sulfide) groups is 1. The summed E-state index contributed by atoms with van der Waals surface area (Å²) < 4.78 is 12.6. The Morgan fingerprint density at radius 1 is 1.38 bits per heavy atom. The van der Waals surface area contributed by atoms with Gasteiger partial charge < -0.3 is 9.26 Å². The Balaban J connectivity index is 1.49. The van der Waals surface area contributed by atoms with Gasteiger partial charge in [-0.2, -0.15) is 4.98 Å². The van der Waals surface area contributed by atoms with Crippen LogP contribution >= 0.6 is 11.8 Å². The normalized spacial score (nSPS) is 18.3. The summed E-state index contributed by atoms with van der Waals surface area (Å²) in [5.41, 5.74) is 0.667. The lowest BCUT2D eigenvalue weighted by Crippen LogP contribution is -2.25. The summed E-state index contributed by atoms with van der Waals surface area (Å²) in [5, 5.41) is 11.1. The quantitative estimate of drug-likeness (QED) is 0.663. The molecule has 26 heavy (non-hydrogen) atoms. The average Bonchev–Trinajstić information content (AvgIpc) is 3.40. The Morgan fingerprint density at radius 3 is 3.00 bits per heavy atom. The molecule has 0 amide bonds. The van der Waals surface area contributed by atoms with E-state index >= 15 is 0 Å². The van der Waals surface area contributed by atoms with Crippen molar-refractivity contribution in [2.24, 2.45) is 0 Å². The van der Waals surface area contributed by atoms with Gasteiger partial charge in [0.05, 0.1) is 17.9 Å². The highest BCUT2D eigenvalue weighted by Crippen LogP contribution is 2.33. The van der Waals surface area contributed by atoms with Crippen LogP contribution in [-0.2, 0) is 11.3 Å². The number of ether oxygens (including phenoxy) is 1. The average molecular weight is 373 g/mol. The molecule has 0 spiro atoms. The monoisotopic (exact) mass is 373 g/mol. The summed E-state index contributed by atoms with van der Waals surface area (Å²) in [6.45, 7) is 3.20. The minimum absolute atomic E-state index is 0.0630. The van der Waals surface area contributed by atoms with Gasteiger partial charge >= 0.3 is 5.69 Å². The molecule has 1 aromatic carbocycles. The summed E-state index contributed by atoms with van der Waals surface area (Å²) in [6, 6.07) is 9.65. The molecule has 3 aromatic rings. The molecule has 2 aromatic heterocycles. The number of hydrogen-bond donors (Lipinski definition) is 1. The Hall–Kier alpha value is -2.39. The maximum Gasteiger partial charge on any atom is 0.344 e. The van der Waals surface area contributed by atoms with Crippen molar-refractivity contribution in [3.63, 3.8) is 0 Å². The fourth-order valence-corrected chi connectivity index (χ4v) is 3.76. The van der Waals surface area contributed by atoms with Crippen LogP contribution in [0.3, 0.4) is 0 Å². The van der Waals surface area contributed by atoms with E-state index in [1.165, 1.54) is 11.8 Å². The molecule has 2 atom stereocenters. The van der Waals surface area contributed by atoms with Crippen molar-refractivity contribution >= 4 is 11.8 Å². The first kappa shape index (κ1) is 17.0. The molecule has 3 heterocycles. The van der Waals surface area contributed by atoms with E-state index in [1.807, 2.05) is 37.3 Å². The third-order valence-corrected chi connectivity index (χ3v) is 5.31. The van der Waals surface area contributed by atoms with E-state index in [4.69, 9.17) is 9.26 Å². The topological polar surface area (TPSA) is 98.8 Å². The molecule has 1 aliphatic rings. The Morgan fingerprint density at radius 2 is 2.23 bits per heavy atom. The second-order valence-electron chi connectivity index (χ2n) is 6.14. The zero-order valence-corrected chi connectivity index (χ0v) is 15.1. The number of H-pyrrole nitrogens is 1. The number of rotatable bonds is 6. The fourth-order valence-electron chi connectivity index (χ4n) is 2.86. The smallest absolute Gasteiger partial charge is 0.344 e. The van der Waals surface area contributed by atoms with Gasteiger partial charge in [-0.3, -0.25) is 4.57 Å². The maximum absolute atomic E-state index is 12.1. The molecule has 4 rings (SSSR count). The van der Waals surface area contributed by atoms with Gasteiger partial charge in [0.15, 0.2) is 5.16 Å². The van der Waals surface area contributed by atoms with E-state index < -0.39 is 0 Å². The molecular formula is C17H19N5O3S. The van der Waals surface area contributed by atoms with Crippen LogP contribution < -0.4 is 5.69 Å². The van der Waals surface area contributed by atoms with Crippen molar-refractivity contribution in [2.75, 3.05) is 6.61 Å². The molecular weight excluding hydrogens is 354 g/mol. The van der Waals surface area contributed by atoms with Gasteiger partial charge in [0.25, 0.3) is 0 Å². The summed E-state index contributed by atoms with van der Waals surface area (Å²) in [7, 11) is 0. The Labute approximate surface area is 154 Å². The minimum Gasteiger partial charge on any atom is -0.376 e. The van der Waals surface area contributed by atoms with Crippen LogP contribution in [0.5, 0.6) is 0 Å². The van der Waals surface area contributed by atoms with Crippen LogP contribution in [0.4, 0.5) is 0 Å². The van der Waals surface area contributed by atoms with Crippen molar-refractivity contribution < 1.29 is 9.26 Å². The molecule has 0 aliphatic carbocycles. The Kier molecular flexibility index (Phi) is 4.89. The SMILES string of the molecule is CC(Sc1n[nH]c(=O)n1CC1CCCO1)c1nc(-c2ccccc2)no1.